The molecule has 0 bridgehead atoms. The van der Waals surface area contributed by atoms with E-state index in [-0.39, 0.29) is 26.9 Å². The fourth-order valence-electron chi connectivity index (χ4n) is 1.45. The van der Waals surface area contributed by atoms with Crippen molar-refractivity contribution in [2.45, 2.75) is 11.8 Å². The lowest BCUT2D eigenvalue weighted by Gasteiger charge is -2.09. The summed E-state index contributed by atoms with van der Waals surface area (Å²) >= 11 is 15.0. The molecular weight excluding hydrogens is 407 g/mol. The number of nitrogens with one attached hydrogen (secondary N) is 2. The molecule has 114 valence electrons. The van der Waals surface area contributed by atoms with Crippen LogP contribution in [0.3, 0.4) is 0 Å². The van der Waals surface area contributed by atoms with Gasteiger partial charge < -0.3 is 4.74 Å². The third-order valence-corrected chi connectivity index (χ3v) is 4.92. The van der Waals surface area contributed by atoms with Gasteiger partial charge in [-0.1, -0.05) is 39.1 Å². The number of aromatic amines is 1. The van der Waals surface area contributed by atoms with Gasteiger partial charge in [-0.15, -0.1) is 5.10 Å². The number of H-pyrrole nitrogens is 1. The summed E-state index contributed by atoms with van der Waals surface area (Å²) in [6.45, 7) is 2.11. The molecule has 0 fully saturated rings. The highest BCUT2D eigenvalue weighted by Crippen LogP contribution is 2.33. The van der Waals surface area contributed by atoms with Crippen molar-refractivity contribution in [1.29, 1.82) is 0 Å². The zero-order valence-corrected chi connectivity index (χ0v) is 14.4. The van der Waals surface area contributed by atoms with Gasteiger partial charge in [0.25, 0.3) is 10.0 Å². The number of rotatable bonds is 5. The van der Waals surface area contributed by atoms with Gasteiger partial charge in [-0.2, -0.15) is 4.98 Å². The molecular formula is C10H9BrCl2N4O3S. The van der Waals surface area contributed by atoms with E-state index in [1.807, 2.05) is 0 Å². The molecule has 0 amide bonds. The standard InChI is InChI=1S/C10H9BrCl2N4O3S/c1-2-20-10-14-9(15-16-10)17-21(18,19)8-6(12)3-5(11)4-7(8)13/h3-4H,2H2,1H3,(H2,14,15,16,17). The highest BCUT2D eigenvalue weighted by Gasteiger charge is 2.24. The Morgan fingerprint density at radius 3 is 2.57 bits per heavy atom. The molecule has 0 spiro atoms. The van der Waals surface area contributed by atoms with Crippen LogP contribution in [-0.2, 0) is 10.0 Å². The fourth-order valence-corrected chi connectivity index (χ4v) is 4.35. The second kappa shape index (κ2) is 6.39. The van der Waals surface area contributed by atoms with Gasteiger partial charge in [0.1, 0.15) is 4.90 Å². The zero-order chi connectivity index (χ0) is 15.6. The number of sulfonamides is 1. The molecule has 0 atom stereocenters. The van der Waals surface area contributed by atoms with Gasteiger partial charge in [0.05, 0.1) is 16.7 Å². The minimum Gasteiger partial charge on any atom is -0.463 e. The van der Waals surface area contributed by atoms with E-state index in [1.165, 1.54) is 12.1 Å². The number of nitrogens with zero attached hydrogens (tertiary/aromatic N) is 2. The molecule has 0 aliphatic carbocycles. The number of hydrogen-bond donors (Lipinski definition) is 2. The maximum Gasteiger partial charge on any atom is 0.337 e. The molecule has 1 aromatic carbocycles. The van der Waals surface area contributed by atoms with Crippen LogP contribution in [0.1, 0.15) is 6.92 Å². The van der Waals surface area contributed by atoms with Crippen LogP contribution in [0.4, 0.5) is 5.95 Å². The molecule has 7 nitrogen and oxygen atoms in total. The molecule has 0 aliphatic heterocycles. The van der Waals surface area contributed by atoms with Crippen LogP contribution < -0.4 is 9.46 Å². The summed E-state index contributed by atoms with van der Waals surface area (Å²) in [7, 11) is -4.02. The van der Waals surface area contributed by atoms with E-state index in [0.717, 1.165) is 0 Å². The van der Waals surface area contributed by atoms with Gasteiger partial charge in [0.15, 0.2) is 0 Å². The van der Waals surface area contributed by atoms with Gasteiger partial charge in [0.2, 0.25) is 5.95 Å². The highest BCUT2D eigenvalue weighted by atomic mass is 79.9. The molecule has 21 heavy (non-hydrogen) atoms. The van der Waals surface area contributed by atoms with Crippen LogP contribution in [0.25, 0.3) is 0 Å². The molecule has 2 aromatic rings. The Morgan fingerprint density at radius 2 is 2.00 bits per heavy atom. The number of ether oxygens (including phenoxy) is 1. The molecule has 1 heterocycles. The van der Waals surface area contributed by atoms with Crippen molar-refractivity contribution in [3.8, 4) is 6.01 Å². The number of benzene rings is 1. The van der Waals surface area contributed by atoms with E-state index in [9.17, 15) is 8.42 Å². The molecule has 0 aliphatic rings. The molecule has 0 saturated heterocycles. The Kier molecular flexibility index (Phi) is 4.97. The maximum atomic E-state index is 12.3. The predicted molar refractivity (Wildman–Crippen MR) is 82.5 cm³/mol. The first-order valence-electron chi connectivity index (χ1n) is 5.56. The quantitative estimate of drug-likeness (QED) is 0.781. The summed E-state index contributed by atoms with van der Waals surface area (Å²) in [5.74, 6) is -0.103. The largest absolute Gasteiger partial charge is 0.463 e. The average molecular weight is 416 g/mol. The lowest BCUT2D eigenvalue weighted by Crippen LogP contribution is -2.15. The van der Waals surface area contributed by atoms with Crippen LogP contribution >= 0.6 is 39.1 Å². The average Bonchev–Trinajstić information content (AvgIpc) is 2.74. The van der Waals surface area contributed by atoms with Crippen molar-refractivity contribution in [2.24, 2.45) is 0 Å². The third-order valence-electron chi connectivity index (χ3n) is 2.20. The van der Waals surface area contributed by atoms with Crippen molar-refractivity contribution in [3.05, 3.63) is 26.7 Å². The number of anilines is 1. The Bertz CT molecular complexity index is 742. The Balaban J connectivity index is 2.34. The SMILES string of the molecule is CCOc1n[nH]c(NS(=O)(=O)c2c(Cl)cc(Br)cc2Cl)n1. The van der Waals surface area contributed by atoms with Crippen molar-refractivity contribution in [2.75, 3.05) is 11.3 Å². The Labute approximate surface area is 139 Å². The summed E-state index contributed by atoms with van der Waals surface area (Å²) in [5.41, 5.74) is 0. The summed E-state index contributed by atoms with van der Waals surface area (Å²) < 4.78 is 32.4. The lowest BCUT2D eigenvalue weighted by molar-refractivity contribution is 0.314. The zero-order valence-electron chi connectivity index (χ0n) is 10.5. The van der Waals surface area contributed by atoms with Crippen molar-refractivity contribution in [1.82, 2.24) is 15.2 Å². The number of halogens is 3. The monoisotopic (exact) mass is 414 g/mol. The summed E-state index contributed by atoms with van der Waals surface area (Å²) in [6.07, 6.45) is 0. The Hall–Kier alpha value is -1.03. The lowest BCUT2D eigenvalue weighted by atomic mass is 10.4. The normalized spacial score (nSPS) is 11.4. The van der Waals surface area contributed by atoms with Gasteiger partial charge in [-0.25, -0.2) is 18.2 Å². The van der Waals surface area contributed by atoms with Crippen molar-refractivity contribution < 1.29 is 13.2 Å². The van der Waals surface area contributed by atoms with E-state index in [0.29, 0.717) is 11.1 Å². The van der Waals surface area contributed by atoms with Crippen molar-refractivity contribution in [3.63, 3.8) is 0 Å². The first-order chi connectivity index (χ1) is 9.83. The van der Waals surface area contributed by atoms with E-state index in [2.05, 4.69) is 35.8 Å². The first kappa shape index (κ1) is 16.3. The van der Waals surface area contributed by atoms with E-state index < -0.39 is 10.0 Å². The van der Waals surface area contributed by atoms with Gasteiger partial charge >= 0.3 is 6.01 Å². The minimum absolute atomic E-state index is 0.0218. The second-order valence-corrected chi connectivity index (χ2v) is 7.05. The molecule has 2 rings (SSSR count). The summed E-state index contributed by atoms with van der Waals surface area (Å²) in [6, 6.07) is 2.88. The number of aromatic nitrogens is 3. The molecule has 2 N–H and O–H groups in total. The van der Waals surface area contributed by atoms with Crippen LogP contribution in [0.5, 0.6) is 6.01 Å². The first-order valence-corrected chi connectivity index (χ1v) is 8.59. The Morgan fingerprint density at radius 1 is 1.38 bits per heavy atom. The van der Waals surface area contributed by atoms with E-state index in [1.54, 1.807) is 6.92 Å². The second-order valence-electron chi connectivity index (χ2n) is 3.70. The van der Waals surface area contributed by atoms with Crippen molar-refractivity contribution >= 4 is 55.1 Å². The van der Waals surface area contributed by atoms with E-state index in [4.69, 9.17) is 27.9 Å². The van der Waals surface area contributed by atoms with Gasteiger partial charge in [-0.3, -0.25) is 0 Å². The number of hydrogen-bond acceptors (Lipinski definition) is 5. The van der Waals surface area contributed by atoms with Crippen LogP contribution in [0.15, 0.2) is 21.5 Å². The smallest absolute Gasteiger partial charge is 0.337 e. The van der Waals surface area contributed by atoms with Gasteiger partial charge in [-0.05, 0) is 19.1 Å². The topological polar surface area (TPSA) is 97.0 Å². The fraction of sp³-hybridized carbons (Fsp3) is 0.200. The van der Waals surface area contributed by atoms with Crippen LogP contribution in [0, 0.1) is 0 Å². The van der Waals surface area contributed by atoms with E-state index >= 15 is 0 Å². The molecule has 0 radical (unpaired) electrons. The minimum atomic E-state index is -4.02. The summed E-state index contributed by atoms with van der Waals surface area (Å²) in [5, 5.41) is 6.04. The van der Waals surface area contributed by atoms with Crippen LogP contribution in [0.2, 0.25) is 10.0 Å². The molecule has 11 heteroatoms. The maximum absolute atomic E-state index is 12.3. The molecule has 0 unspecified atom stereocenters. The predicted octanol–water partition coefficient (Wildman–Crippen LogP) is 3.07. The summed E-state index contributed by atoms with van der Waals surface area (Å²) in [4.78, 5) is 3.57. The third kappa shape index (κ3) is 3.79. The van der Waals surface area contributed by atoms with Crippen LogP contribution in [-0.4, -0.2) is 30.2 Å². The molecule has 1 aromatic heterocycles. The highest BCUT2D eigenvalue weighted by molar-refractivity contribution is 9.10. The van der Waals surface area contributed by atoms with Gasteiger partial charge in [0, 0.05) is 4.47 Å². The molecule has 0 saturated carbocycles.